The van der Waals surface area contributed by atoms with Gasteiger partial charge in [0.1, 0.15) is 0 Å². The first-order valence-electron chi connectivity index (χ1n) is 8.46. The lowest BCUT2D eigenvalue weighted by atomic mass is 9.84. The Morgan fingerprint density at radius 2 is 1.69 bits per heavy atom. The zero-order chi connectivity index (χ0) is 18.3. The van der Waals surface area contributed by atoms with Gasteiger partial charge < -0.3 is 0 Å². The third kappa shape index (κ3) is 2.85. The van der Waals surface area contributed by atoms with E-state index in [9.17, 15) is 4.79 Å². The summed E-state index contributed by atoms with van der Waals surface area (Å²) >= 11 is 3.91. The van der Waals surface area contributed by atoms with Gasteiger partial charge in [-0.2, -0.15) is 0 Å². The van der Waals surface area contributed by atoms with E-state index in [0.29, 0.717) is 0 Å². The van der Waals surface area contributed by atoms with Crippen molar-refractivity contribution in [1.82, 2.24) is 0 Å². The molecular weight excluding hydrogens is 453 g/mol. The van der Waals surface area contributed by atoms with E-state index in [1.165, 1.54) is 16.9 Å². The summed E-state index contributed by atoms with van der Waals surface area (Å²) in [4.78, 5) is 14.2. The van der Waals surface area contributed by atoms with Crippen LogP contribution in [0.4, 0.5) is 5.69 Å². The fraction of sp³-hybridized carbons (Fsp3) is 0.136. The normalized spacial score (nSPS) is 21.0. The number of carbonyl (C=O) groups excluding carboxylic acids is 1. The third-order valence-electron chi connectivity index (χ3n) is 4.83. The molecule has 0 aliphatic carbocycles. The second-order valence-corrected chi connectivity index (χ2v) is 8.87. The molecule has 2 heterocycles. The molecule has 0 amide bonds. The number of nitrogens with zero attached hydrogens (tertiary/aromatic N) is 1. The Bertz CT molecular complexity index is 987. The topological polar surface area (TPSA) is 20.3 Å². The monoisotopic (exact) mass is 471 g/mol. The average Bonchev–Trinajstić information content (AvgIpc) is 3.06. The Balaban J connectivity index is 1.57. The molecule has 26 heavy (non-hydrogen) atoms. The number of hydrogen-bond donors (Lipinski definition) is 0. The SMILES string of the molecule is CC1(C)/C(=C/C=C/C=C2\Sc3ccccc3C2=O)N(I)c2ccccc21. The maximum atomic E-state index is 12.4. The molecule has 0 fully saturated rings. The molecule has 0 saturated heterocycles. The Morgan fingerprint density at radius 3 is 2.46 bits per heavy atom. The van der Waals surface area contributed by atoms with E-state index in [0.717, 1.165) is 15.4 Å². The summed E-state index contributed by atoms with van der Waals surface area (Å²) in [5.74, 6) is 0.118. The molecule has 0 aromatic heterocycles. The number of para-hydroxylation sites is 1. The van der Waals surface area contributed by atoms with Crippen LogP contribution < -0.4 is 3.11 Å². The number of ketones is 1. The van der Waals surface area contributed by atoms with Gasteiger partial charge in [-0.1, -0.05) is 68.1 Å². The van der Waals surface area contributed by atoms with Gasteiger partial charge in [0.15, 0.2) is 0 Å². The lowest BCUT2D eigenvalue weighted by molar-refractivity contribution is 0.104. The number of allylic oxidation sites excluding steroid dienone is 6. The van der Waals surface area contributed by atoms with Gasteiger partial charge >= 0.3 is 0 Å². The molecule has 0 saturated carbocycles. The molecule has 0 unspecified atom stereocenters. The Kier molecular flexibility index (Phi) is 4.57. The number of carbonyl (C=O) groups is 1. The van der Waals surface area contributed by atoms with Gasteiger partial charge in [-0.3, -0.25) is 7.91 Å². The van der Waals surface area contributed by atoms with Crippen LogP contribution in [0.15, 0.2) is 88.3 Å². The molecule has 0 radical (unpaired) electrons. The molecule has 0 atom stereocenters. The van der Waals surface area contributed by atoms with Crippen LogP contribution in [0.25, 0.3) is 0 Å². The Morgan fingerprint density at radius 1 is 1.00 bits per heavy atom. The van der Waals surface area contributed by atoms with Crippen LogP contribution in [-0.4, -0.2) is 5.78 Å². The minimum Gasteiger partial charge on any atom is -0.288 e. The van der Waals surface area contributed by atoms with Crippen molar-refractivity contribution in [3.05, 3.63) is 94.6 Å². The second-order valence-electron chi connectivity index (χ2n) is 6.82. The van der Waals surface area contributed by atoms with Gasteiger partial charge in [-0.25, -0.2) is 0 Å². The standard InChI is InChI=1S/C22H18INOS/c1-22(2)16-10-4-5-11-17(16)24(23)20(22)14-8-7-13-19-21(25)15-9-3-6-12-18(15)26-19/h3-14H,1-2H3/b8-7+,19-13-,20-14-. The highest BCUT2D eigenvalue weighted by Crippen LogP contribution is 2.49. The molecule has 2 aromatic carbocycles. The van der Waals surface area contributed by atoms with Crippen LogP contribution in [0.1, 0.15) is 29.8 Å². The van der Waals surface area contributed by atoms with Crippen molar-refractivity contribution < 1.29 is 4.79 Å². The van der Waals surface area contributed by atoms with Gasteiger partial charge in [0, 0.05) is 21.6 Å². The quantitative estimate of drug-likeness (QED) is 0.285. The fourth-order valence-electron chi connectivity index (χ4n) is 3.40. The van der Waals surface area contributed by atoms with Gasteiger partial charge in [0.25, 0.3) is 0 Å². The minimum atomic E-state index is -0.0383. The van der Waals surface area contributed by atoms with Crippen molar-refractivity contribution >= 4 is 46.1 Å². The summed E-state index contributed by atoms with van der Waals surface area (Å²) in [6.45, 7) is 4.49. The van der Waals surface area contributed by atoms with E-state index < -0.39 is 0 Å². The first-order valence-corrected chi connectivity index (χ1v) is 10.2. The van der Waals surface area contributed by atoms with Crippen LogP contribution in [0.3, 0.4) is 0 Å². The molecule has 0 bridgehead atoms. The highest BCUT2D eigenvalue weighted by Gasteiger charge is 2.38. The number of benzene rings is 2. The Labute approximate surface area is 172 Å². The molecule has 0 N–H and O–H groups in total. The van der Waals surface area contributed by atoms with Crippen LogP contribution in [-0.2, 0) is 5.41 Å². The first-order chi connectivity index (χ1) is 12.5. The van der Waals surface area contributed by atoms with Crippen LogP contribution in [0, 0.1) is 0 Å². The molecular formula is C22H18INOS. The summed E-state index contributed by atoms with van der Waals surface area (Å²) in [5, 5.41) is 0. The van der Waals surface area contributed by atoms with Crippen LogP contribution >= 0.6 is 34.6 Å². The summed E-state index contributed by atoms with van der Waals surface area (Å²) in [6, 6.07) is 16.3. The van der Waals surface area contributed by atoms with E-state index in [1.807, 2.05) is 42.5 Å². The van der Waals surface area contributed by atoms with E-state index in [-0.39, 0.29) is 11.2 Å². The molecule has 130 valence electrons. The molecule has 2 aliphatic heterocycles. The van der Waals surface area contributed by atoms with Crippen molar-refractivity contribution in [2.24, 2.45) is 0 Å². The minimum absolute atomic E-state index is 0.0383. The van der Waals surface area contributed by atoms with Crippen molar-refractivity contribution in [3.63, 3.8) is 0 Å². The molecule has 4 rings (SSSR count). The van der Waals surface area contributed by atoms with Gasteiger partial charge in [0.2, 0.25) is 5.78 Å². The fourth-order valence-corrected chi connectivity index (χ4v) is 5.59. The number of fused-ring (bicyclic) bond motifs is 2. The number of hydrogen-bond acceptors (Lipinski definition) is 3. The highest BCUT2D eigenvalue weighted by atomic mass is 127. The molecule has 4 heteroatoms. The van der Waals surface area contributed by atoms with Crippen molar-refractivity contribution in [2.45, 2.75) is 24.2 Å². The van der Waals surface area contributed by atoms with E-state index in [4.69, 9.17) is 0 Å². The molecule has 0 spiro atoms. The summed E-state index contributed by atoms with van der Waals surface area (Å²) < 4.78 is 2.22. The second kappa shape index (κ2) is 6.74. The average molecular weight is 471 g/mol. The number of rotatable bonds is 2. The highest BCUT2D eigenvalue weighted by molar-refractivity contribution is 14.1. The predicted molar refractivity (Wildman–Crippen MR) is 118 cm³/mol. The summed E-state index contributed by atoms with van der Waals surface area (Å²) in [7, 11) is 0. The summed E-state index contributed by atoms with van der Waals surface area (Å²) in [5.41, 5.74) is 4.59. The van der Waals surface area contributed by atoms with E-state index in [1.54, 1.807) is 11.8 Å². The van der Waals surface area contributed by atoms with Gasteiger partial charge in [-0.15, -0.1) is 0 Å². The molecule has 2 aliphatic rings. The zero-order valence-corrected chi connectivity index (χ0v) is 17.5. The Hall–Kier alpha value is -1.79. The van der Waals surface area contributed by atoms with Crippen molar-refractivity contribution in [3.8, 4) is 0 Å². The number of thioether (sulfide) groups is 1. The van der Waals surface area contributed by atoms with Crippen LogP contribution in [0.2, 0.25) is 0 Å². The number of Topliss-reactive ketones (excluding diaryl/α,β-unsaturated/α-hetero) is 1. The lowest BCUT2D eigenvalue weighted by Crippen LogP contribution is -2.19. The lowest BCUT2D eigenvalue weighted by Gasteiger charge is -2.22. The molecule has 2 aromatic rings. The number of anilines is 1. The molecule has 2 nitrogen and oxygen atoms in total. The smallest absolute Gasteiger partial charge is 0.200 e. The first kappa shape index (κ1) is 17.6. The van der Waals surface area contributed by atoms with Crippen molar-refractivity contribution in [2.75, 3.05) is 3.11 Å². The summed E-state index contributed by atoms with van der Waals surface area (Å²) in [6.07, 6.45) is 8.04. The third-order valence-corrected chi connectivity index (χ3v) is 6.99. The van der Waals surface area contributed by atoms with Crippen LogP contribution in [0.5, 0.6) is 0 Å². The van der Waals surface area contributed by atoms with Gasteiger partial charge in [-0.05, 0) is 35.9 Å². The maximum Gasteiger partial charge on any atom is 0.200 e. The number of halogens is 1. The van der Waals surface area contributed by atoms with E-state index >= 15 is 0 Å². The zero-order valence-electron chi connectivity index (χ0n) is 14.6. The van der Waals surface area contributed by atoms with Crippen molar-refractivity contribution in [1.29, 1.82) is 0 Å². The van der Waals surface area contributed by atoms with E-state index in [2.05, 4.69) is 70.2 Å². The van der Waals surface area contributed by atoms with Gasteiger partial charge in [0.05, 0.1) is 33.5 Å². The predicted octanol–water partition coefficient (Wildman–Crippen LogP) is 6.45. The maximum absolute atomic E-state index is 12.4. The largest absolute Gasteiger partial charge is 0.288 e.